The molecule has 7 nitrogen and oxygen atoms in total. The lowest BCUT2D eigenvalue weighted by atomic mass is 10.3. The normalized spacial score (nSPS) is 19.1. The summed E-state index contributed by atoms with van der Waals surface area (Å²) in [6.45, 7) is 4.02. The molecule has 2 heterocycles. The van der Waals surface area contributed by atoms with Crippen molar-refractivity contribution in [1.82, 2.24) is 19.5 Å². The molecule has 1 aliphatic rings. The number of rotatable bonds is 9. The van der Waals surface area contributed by atoms with E-state index in [1.54, 1.807) is 6.20 Å². The van der Waals surface area contributed by atoms with E-state index in [0.29, 0.717) is 6.54 Å². The van der Waals surface area contributed by atoms with Gasteiger partial charge in [-0.05, 0) is 39.5 Å². The lowest BCUT2D eigenvalue weighted by molar-refractivity contribution is 0.199. The van der Waals surface area contributed by atoms with Crippen molar-refractivity contribution in [3.8, 4) is 5.75 Å². The van der Waals surface area contributed by atoms with Gasteiger partial charge in [0.05, 0.1) is 11.9 Å². The standard InChI is InChI=1S/C16H28N4O3S/c1-19(2)12-14-11-15(5-8-17-14)23-16-6-10-20(13-16)9-4-7-18-24(3,21)22/h5,8,11,16,18H,4,6-7,9-10,12-13H2,1-3H3. The number of aromatic nitrogens is 1. The maximum atomic E-state index is 11.0. The van der Waals surface area contributed by atoms with Crippen LogP contribution in [0, 0.1) is 0 Å². The van der Waals surface area contributed by atoms with Gasteiger partial charge in [0.2, 0.25) is 10.0 Å². The van der Waals surface area contributed by atoms with Crippen molar-refractivity contribution >= 4 is 10.0 Å². The van der Waals surface area contributed by atoms with Crippen LogP contribution in [-0.4, -0.2) is 75.8 Å². The summed E-state index contributed by atoms with van der Waals surface area (Å²) in [5.41, 5.74) is 0.999. The third kappa shape index (κ3) is 7.12. The van der Waals surface area contributed by atoms with Gasteiger partial charge in [0, 0.05) is 38.4 Å². The molecule has 0 aliphatic carbocycles. The van der Waals surface area contributed by atoms with Crippen LogP contribution in [0.3, 0.4) is 0 Å². The molecule has 1 atom stereocenters. The van der Waals surface area contributed by atoms with Gasteiger partial charge in [0.15, 0.2) is 0 Å². The molecule has 0 amide bonds. The number of nitrogens with one attached hydrogen (secondary N) is 1. The van der Waals surface area contributed by atoms with Gasteiger partial charge in [-0.1, -0.05) is 0 Å². The Morgan fingerprint density at radius 1 is 1.46 bits per heavy atom. The zero-order valence-electron chi connectivity index (χ0n) is 14.7. The first-order valence-electron chi connectivity index (χ1n) is 8.25. The van der Waals surface area contributed by atoms with Crippen LogP contribution in [0.25, 0.3) is 0 Å². The smallest absolute Gasteiger partial charge is 0.208 e. The number of pyridine rings is 1. The van der Waals surface area contributed by atoms with Crippen molar-refractivity contribution in [2.24, 2.45) is 0 Å². The second kappa shape index (κ2) is 8.75. The average molecular weight is 356 g/mol. The van der Waals surface area contributed by atoms with E-state index in [-0.39, 0.29) is 6.10 Å². The van der Waals surface area contributed by atoms with Gasteiger partial charge in [0.1, 0.15) is 11.9 Å². The molecule has 1 saturated heterocycles. The highest BCUT2D eigenvalue weighted by Gasteiger charge is 2.23. The number of likely N-dealkylation sites (tertiary alicyclic amines) is 1. The fourth-order valence-corrected chi connectivity index (χ4v) is 3.30. The predicted molar refractivity (Wildman–Crippen MR) is 94.6 cm³/mol. The van der Waals surface area contributed by atoms with Gasteiger partial charge in [-0.2, -0.15) is 0 Å². The van der Waals surface area contributed by atoms with Crippen LogP contribution in [0.5, 0.6) is 5.75 Å². The molecule has 0 aromatic carbocycles. The minimum Gasteiger partial charge on any atom is -0.489 e. The fourth-order valence-electron chi connectivity index (χ4n) is 2.79. The lowest BCUT2D eigenvalue weighted by Crippen LogP contribution is -2.29. The number of sulfonamides is 1. The molecule has 1 N–H and O–H groups in total. The van der Waals surface area contributed by atoms with Crippen LogP contribution < -0.4 is 9.46 Å². The van der Waals surface area contributed by atoms with Gasteiger partial charge < -0.3 is 9.64 Å². The van der Waals surface area contributed by atoms with Crippen LogP contribution in [0.4, 0.5) is 0 Å². The third-order valence-corrected chi connectivity index (χ3v) is 4.54. The Balaban J connectivity index is 1.73. The van der Waals surface area contributed by atoms with Crippen LogP contribution in [-0.2, 0) is 16.6 Å². The SMILES string of the molecule is CN(C)Cc1cc(OC2CCN(CCCNS(C)(=O)=O)C2)ccn1. The van der Waals surface area contributed by atoms with Gasteiger partial charge in [0.25, 0.3) is 0 Å². The summed E-state index contributed by atoms with van der Waals surface area (Å²) in [6.07, 6.45) is 4.96. The van der Waals surface area contributed by atoms with Gasteiger partial charge in [-0.25, -0.2) is 13.1 Å². The molecule has 0 spiro atoms. The minimum atomic E-state index is -3.09. The van der Waals surface area contributed by atoms with Crippen LogP contribution >= 0.6 is 0 Å². The molecule has 2 rings (SSSR count). The minimum absolute atomic E-state index is 0.183. The number of nitrogens with zero attached hydrogens (tertiary/aromatic N) is 3. The molecule has 1 aromatic heterocycles. The quantitative estimate of drug-likeness (QED) is 0.651. The van der Waals surface area contributed by atoms with Crippen molar-refractivity contribution in [1.29, 1.82) is 0 Å². The molecule has 24 heavy (non-hydrogen) atoms. The summed E-state index contributed by atoms with van der Waals surface area (Å²) in [7, 11) is 0.946. The predicted octanol–water partition coefficient (Wildman–Crippen LogP) is 0.536. The largest absolute Gasteiger partial charge is 0.489 e. The summed E-state index contributed by atoms with van der Waals surface area (Å²) in [6, 6.07) is 3.90. The van der Waals surface area contributed by atoms with E-state index in [4.69, 9.17) is 4.74 Å². The summed E-state index contributed by atoms with van der Waals surface area (Å²) >= 11 is 0. The molecule has 0 radical (unpaired) electrons. The summed E-state index contributed by atoms with van der Waals surface area (Å²) in [4.78, 5) is 8.74. The molecule has 0 saturated carbocycles. The zero-order chi connectivity index (χ0) is 17.6. The van der Waals surface area contributed by atoms with E-state index < -0.39 is 10.0 Å². The van der Waals surface area contributed by atoms with Gasteiger partial charge in [-0.3, -0.25) is 9.88 Å². The summed E-state index contributed by atoms with van der Waals surface area (Å²) < 4.78 is 30.6. The van der Waals surface area contributed by atoms with Crippen molar-refractivity contribution in [3.05, 3.63) is 24.0 Å². The zero-order valence-corrected chi connectivity index (χ0v) is 15.6. The topological polar surface area (TPSA) is 74.8 Å². The number of ether oxygens (including phenoxy) is 1. The molecular weight excluding hydrogens is 328 g/mol. The molecule has 1 aromatic rings. The Kier molecular flexibility index (Phi) is 6.97. The van der Waals surface area contributed by atoms with Gasteiger partial charge >= 0.3 is 0 Å². The molecule has 1 fully saturated rings. The van der Waals surface area contributed by atoms with E-state index >= 15 is 0 Å². The molecule has 1 unspecified atom stereocenters. The Bertz CT molecular complexity index is 622. The molecule has 1 aliphatic heterocycles. The highest BCUT2D eigenvalue weighted by atomic mass is 32.2. The maximum Gasteiger partial charge on any atom is 0.208 e. The monoisotopic (exact) mass is 356 g/mol. The number of hydrogen-bond donors (Lipinski definition) is 1. The first-order chi connectivity index (χ1) is 11.3. The second-order valence-corrected chi connectivity index (χ2v) is 8.40. The van der Waals surface area contributed by atoms with E-state index in [1.807, 2.05) is 26.2 Å². The fraction of sp³-hybridized carbons (Fsp3) is 0.688. The highest BCUT2D eigenvalue weighted by molar-refractivity contribution is 7.88. The first kappa shape index (κ1) is 19.1. The molecular formula is C16H28N4O3S. The van der Waals surface area contributed by atoms with Crippen LogP contribution in [0.2, 0.25) is 0 Å². The van der Waals surface area contributed by atoms with E-state index in [9.17, 15) is 8.42 Å². The maximum absolute atomic E-state index is 11.0. The Labute approximate surface area is 145 Å². The Morgan fingerprint density at radius 3 is 2.96 bits per heavy atom. The van der Waals surface area contributed by atoms with Crippen molar-refractivity contribution in [2.75, 3.05) is 46.5 Å². The number of hydrogen-bond acceptors (Lipinski definition) is 6. The average Bonchev–Trinajstić information content (AvgIpc) is 2.90. The Morgan fingerprint density at radius 2 is 2.25 bits per heavy atom. The summed E-state index contributed by atoms with van der Waals surface area (Å²) in [5, 5.41) is 0. The first-order valence-corrected chi connectivity index (χ1v) is 10.1. The van der Waals surface area contributed by atoms with Gasteiger partial charge in [-0.15, -0.1) is 0 Å². The van der Waals surface area contributed by atoms with Crippen LogP contribution in [0.15, 0.2) is 18.3 Å². The van der Waals surface area contributed by atoms with E-state index in [2.05, 4.69) is 19.5 Å². The van der Waals surface area contributed by atoms with Crippen molar-refractivity contribution in [2.45, 2.75) is 25.5 Å². The van der Waals surface area contributed by atoms with E-state index in [1.165, 1.54) is 6.26 Å². The summed E-state index contributed by atoms with van der Waals surface area (Å²) in [5.74, 6) is 0.868. The molecule has 8 heteroatoms. The second-order valence-electron chi connectivity index (χ2n) is 6.57. The van der Waals surface area contributed by atoms with Crippen molar-refractivity contribution < 1.29 is 13.2 Å². The highest BCUT2D eigenvalue weighted by Crippen LogP contribution is 2.19. The molecule has 136 valence electrons. The third-order valence-electron chi connectivity index (χ3n) is 3.81. The Hall–Kier alpha value is -1.22. The van der Waals surface area contributed by atoms with E-state index in [0.717, 1.165) is 50.5 Å². The van der Waals surface area contributed by atoms with Crippen molar-refractivity contribution in [3.63, 3.8) is 0 Å². The molecule has 0 bridgehead atoms. The van der Waals surface area contributed by atoms with Crippen LogP contribution in [0.1, 0.15) is 18.5 Å². The lowest BCUT2D eigenvalue weighted by Gasteiger charge is -2.17.